The lowest BCUT2D eigenvalue weighted by atomic mass is 10.4. The van der Waals surface area contributed by atoms with Gasteiger partial charge < -0.3 is 9.52 Å². The van der Waals surface area contributed by atoms with Crippen LogP contribution in [0, 0.1) is 6.92 Å². The first-order valence-electron chi connectivity index (χ1n) is 5.52. The maximum atomic E-state index is 12.1. The third-order valence-corrected chi connectivity index (χ3v) is 4.92. The van der Waals surface area contributed by atoms with E-state index >= 15 is 0 Å². The van der Waals surface area contributed by atoms with Crippen LogP contribution in [0.4, 0.5) is 5.13 Å². The van der Waals surface area contributed by atoms with E-state index in [9.17, 15) is 13.2 Å². The third-order valence-electron chi connectivity index (χ3n) is 2.36. The number of furan rings is 1. The summed E-state index contributed by atoms with van der Waals surface area (Å²) in [5.74, 6) is -1.77. The van der Waals surface area contributed by atoms with Crippen LogP contribution in [-0.4, -0.2) is 29.7 Å². The van der Waals surface area contributed by atoms with Crippen molar-refractivity contribution < 1.29 is 22.7 Å². The van der Waals surface area contributed by atoms with Crippen LogP contribution in [0.2, 0.25) is 0 Å². The molecule has 2 aromatic heterocycles. The maximum Gasteiger partial charge on any atom is 0.371 e. The van der Waals surface area contributed by atoms with E-state index in [1.165, 1.54) is 6.92 Å². The van der Waals surface area contributed by atoms with Crippen molar-refractivity contribution >= 4 is 32.5 Å². The van der Waals surface area contributed by atoms with Gasteiger partial charge in [-0.1, -0.05) is 18.3 Å². The summed E-state index contributed by atoms with van der Waals surface area (Å²) in [5, 5.41) is 17.1. The first kappa shape index (κ1) is 14.5. The molecule has 20 heavy (non-hydrogen) atoms. The van der Waals surface area contributed by atoms with Gasteiger partial charge in [0.15, 0.2) is 0 Å². The fourth-order valence-corrected chi connectivity index (χ4v) is 3.53. The van der Waals surface area contributed by atoms with Crippen LogP contribution in [0.25, 0.3) is 0 Å². The predicted molar refractivity (Wildman–Crippen MR) is 70.5 cm³/mol. The number of hydrogen-bond acceptors (Lipinski definition) is 7. The molecule has 0 aliphatic rings. The molecule has 0 aliphatic heterocycles. The highest BCUT2D eigenvalue weighted by atomic mass is 32.2. The second-order valence-corrected chi connectivity index (χ2v) is 6.51. The average Bonchev–Trinajstić information content (AvgIpc) is 2.95. The summed E-state index contributed by atoms with van der Waals surface area (Å²) < 4.78 is 31.4. The number of nitrogens with zero attached hydrogens (tertiary/aromatic N) is 2. The predicted octanol–water partition coefficient (Wildman–Crippen LogP) is 1.50. The summed E-state index contributed by atoms with van der Waals surface area (Å²) in [6, 6.07) is 0.960. The number of carboxylic acid groups (broad SMARTS) is 1. The minimum absolute atomic E-state index is 0.00451. The van der Waals surface area contributed by atoms with Crippen LogP contribution in [0.15, 0.2) is 15.4 Å². The normalized spacial score (nSPS) is 11.5. The molecule has 0 spiro atoms. The first-order chi connectivity index (χ1) is 9.33. The zero-order valence-electron chi connectivity index (χ0n) is 10.6. The maximum absolute atomic E-state index is 12.1. The van der Waals surface area contributed by atoms with E-state index in [0.717, 1.165) is 17.4 Å². The summed E-state index contributed by atoms with van der Waals surface area (Å²) in [5.41, 5.74) is 0. The molecule has 2 rings (SSSR count). The second kappa shape index (κ2) is 5.21. The molecular formula is C10H11N3O5S2. The van der Waals surface area contributed by atoms with Crippen molar-refractivity contribution in [1.82, 2.24) is 10.2 Å². The van der Waals surface area contributed by atoms with Crippen molar-refractivity contribution in [3.63, 3.8) is 0 Å². The molecule has 0 bridgehead atoms. The summed E-state index contributed by atoms with van der Waals surface area (Å²) in [6.45, 7) is 3.25. The van der Waals surface area contributed by atoms with Crippen molar-refractivity contribution in [1.29, 1.82) is 0 Å². The molecule has 108 valence electrons. The molecule has 0 saturated heterocycles. The van der Waals surface area contributed by atoms with Crippen LogP contribution < -0.4 is 4.72 Å². The Morgan fingerprint density at radius 3 is 2.70 bits per heavy atom. The summed E-state index contributed by atoms with van der Waals surface area (Å²) in [7, 11) is -3.95. The number of anilines is 1. The topological polar surface area (TPSA) is 122 Å². The van der Waals surface area contributed by atoms with Gasteiger partial charge in [-0.2, -0.15) is 0 Å². The largest absolute Gasteiger partial charge is 0.475 e. The number of aromatic carboxylic acids is 1. The van der Waals surface area contributed by atoms with Crippen molar-refractivity contribution in [3.8, 4) is 0 Å². The van der Waals surface area contributed by atoms with Crippen molar-refractivity contribution in [2.45, 2.75) is 25.2 Å². The van der Waals surface area contributed by atoms with Gasteiger partial charge in [-0.15, -0.1) is 10.2 Å². The molecular weight excluding hydrogens is 306 g/mol. The van der Waals surface area contributed by atoms with E-state index in [1.807, 2.05) is 6.92 Å². The molecule has 0 amide bonds. The number of hydrogen-bond donors (Lipinski definition) is 2. The highest BCUT2D eigenvalue weighted by Gasteiger charge is 2.25. The van der Waals surface area contributed by atoms with Crippen molar-refractivity contribution in [3.05, 3.63) is 22.6 Å². The summed E-state index contributed by atoms with van der Waals surface area (Å²) >= 11 is 1.11. The molecule has 0 unspecified atom stereocenters. The standard InChI is InChI=1S/C10H11N3O5S2/c1-3-8-11-12-10(19-8)13-20(16,17)7-4-6(9(14)15)18-5(7)2/h4H,3H2,1-2H3,(H,12,13)(H,14,15). The number of aromatic nitrogens is 2. The molecule has 2 aromatic rings. The first-order valence-corrected chi connectivity index (χ1v) is 7.82. The molecule has 10 heteroatoms. The number of carboxylic acids is 1. The zero-order valence-corrected chi connectivity index (χ0v) is 12.2. The molecule has 0 radical (unpaired) electrons. The molecule has 2 N–H and O–H groups in total. The lowest BCUT2D eigenvalue weighted by Gasteiger charge is -2.01. The van der Waals surface area contributed by atoms with Gasteiger partial charge >= 0.3 is 5.97 Å². The molecule has 0 fully saturated rings. The molecule has 2 heterocycles. The molecule has 0 aromatic carbocycles. The number of sulfonamides is 1. The van der Waals surface area contributed by atoms with Gasteiger partial charge in [-0.3, -0.25) is 4.72 Å². The second-order valence-electron chi connectivity index (χ2n) is 3.80. The lowest BCUT2D eigenvalue weighted by Crippen LogP contribution is -2.13. The van der Waals surface area contributed by atoms with Crippen molar-refractivity contribution in [2.24, 2.45) is 0 Å². The van der Waals surface area contributed by atoms with Crippen LogP contribution in [0.3, 0.4) is 0 Å². The number of nitrogens with one attached hydrogen (secondary N) is 1. The van der Waals surface area contributed by atoms with Gasteiger partial charge in [0.25, 0.3) is 10.0 Å². The Bertz CT molecular complexity index is 747. The Labute approximate surface area is 118 Å². The number of carbonyl (C=O) groups is 1. The van der Waals surface area contributed by atoms with Gasteiger partial charge in [0.2, 0.25) is 10.9 Å². The molecule has 8 nitrogen and oxygen atoms in total. The Kier molecular flexibility index (Phi) is 3.77. The third kappa shape index (κ3) is 2.80. The fraction of sp³-hybridized carbons (Fsp3) is 0.300. The summed E-state index contributed by atoms with van der Waals surface area (Å²) in [6.07, 6.45) is 0.646. The summed E-state index contributed by atoms with van der Waals surface area (Å²) in [4.78, 5) is 10.5. The number of rotatable bonds is 5. The van der Waals surface area contributed by atoms with Gasteiger partial charge in [0.05, 0.1) is 0 Å². The molecule has 0 aliphatic carbocycles. The van der Waals surface area contributed by atoms with Gasteiger partial charge in [-0.25, -0.2) is 13.2 Å². The van der Waals surface area contributed by atoms with Crippen molar-refractivity contribution in [2.75, 3.05) is 4.72 Å². The number of aryl methyl sites for hydroxylation is 2. The smallest absolute Gasteiger partial charge is 0.371 e. The average molecular weight is 317 g/mol. The highest BCUT2D eigenvalue weighted by Crippen LogP contribution is 2.24. The van der Waals surface area contributed by atoms with Gasteiger partial charge in [-0.05, 0) is 13.3 Å². The van der Waals surface area contributed by atoms with Crippen LogP contribution in [0.1, 0.15) is 28.2 Å². The van der Waals surface area contributed by atoms with E-state index in [1.54, 1.807) is 0 Å². The minimum Gasteiger partial charge on any atom is -0.475 e. The minimum atomic E-state index is -3.95. The Hall–Kier alpha value is -1.94. The quantitative estimate of drug-likeness (QED) is 0.856. The monoisotopic (exact) mass is 317 g/mol. The molecule has 0 atom stereocenters. The van der Waals surface area contributed by atoms with Gasteiger partial charge in [0, 0.05) is 6.07 Å². The Balaban J connectivity index is 2.32. The van der Waals surface area contributed by atoms with Crippen LogP contribution >= 0.6 is 11.3 Å². The Morgan fingerprint density at radius 1 is 1.50 bits per heavy atom. The fourth-order valence-electron chi connectivity index (χ4n) is 1.45. The highest BCUT2D eigenvalue weighted by molar-refractivity contribution is 7.93. The van der Waals surface area contributed by atoms with E-state index in [2.05, 4.69) is 14.9 Å². The zero-order chi connectivity index (χ0) is 14.9. The van der Waals surface area contributed by atoms with E-state index in [-0.39, 0.29) is 15.8 Å². The van der Waals surface area contributed by atoms with Gasteiger partial charge in [0.1, 0.15) is 15.7 Å². The lowest BCUT2D eigenvalue weighted by molar-refractivity contribution is 0.0661. The SMILES string of the molecule is CCc1nnc(NS(=O)(=O)c2cc(C(=O)O)oc2C)s1. The van der Waals surface area contributed by atoms with E-state index in [0.29, 0.717) is 11.4 Å². The van der Waals surface area contributed by atoms with E-state index in [4.69, 9.17) is 9.52 Å². The Morgan fingerprint density at radius 2 is 2.20 bits per heavy atom. The van der Waals surface area contributed by atoms with Crippen LogP contribution in [0.5, 0.6) is 0 Å². The van der Waals surface area contributed by atoms with E-state index < -0.39 is 21.8 Å². The molecule has 0 saturated carbocycles. The van der Waals surface area contributed by atoms with Crippen LogP contribution in [-0.2, 0) is 16.4 Å².